The monoisotopic (exact) mass is 291 g/mol. The van der Waals surface area contributed by atoms with Gasteiger partial charge in [0.15, 0.2) is 0 Å². The van der Waals surface area contributed by atoms with Gasteiger partial charge in [0.05, 0.1) is 15.7 Å². The molecule has 1 heterocycles. The molecule has 7 heteroatoms. The second-order valence-electron chi connectivity index (χ2n) is 3.52. The summed E-state index contributed by atoms with van der Waals surface area (Å²) in [6.07, 6.45) is 1.51. The molecule has 0 unspecified atom stereocenters. The topological polar surface area (TPSA) is 71.4 Å². The highest BCUT2D eigenvalue weighted by Gasteiger charge is 2.14. The van der Waals surface area contributed by atoms with Crippen LogP contribution in [0.3, 0.4) is 0 Å². The summed E-state index contributed by atoms with van der Waals surface area (Å²) < 4.78 is 26.5. The van der Waals surface area contributed by atoms with Gasteiger partial charge in [-0.05, 0) is 48.6 Å². The van der Waals surface area contributed by atoms with Crippen LogP contribution in [0.2, 0.25) is 0 Å². The highest BCUT2D eigenvalue weighted by atomic mass is 32.2. The standard InChI is InChI=1S/C12H9N3O2S2/c16-19(17,15-12-3-1-2-8-13-12)11-6-4-10(5-7-11)14-9-18/h1-8H,(H,13,15). The minimum absolute atomic E-state index is 0.126. The van der Waals surface area contributed by atoms with E-state index in [0.29, 0.717) is 5.69 Å². The third kappa shape index (κ3) is 3.45. The van der Waals surface area contributed by atoms with Crippen LogP contribution in [-0.2, 0) is 10.0 Å². The molecule has 0 atom stereocenters. The van der Waals surface area contributed by atoms with Crippen molar-refractivity contribution < 1.29 is 8.42 Å². The maximum atomic E-state index is 12.1. The molecule has 0 spiro atoms. The molecule has 0 bridgehead atoms. The van der Waals surface area contributed by atoms with Crippen LogP contribution in [0.4, 0.5) is 11.5 Å². The van der Waals surface area contributed by atoms with E-state index in [1.54, 1.807) is 30.3 Å². The lowest BCUT2D eigenvalue weighted by molar-refractivity contribution is 0.601. The Kier molecular flexibility index (Phi) is 4.01. The third-order valence-electron chi connectivity index (χ3n) is 2.23. The predicted molar refractivity (Wildman–Crippen MR) is 76.2 cm³/mol. The van der Waals surface area contributed by atoms with E-state index in [-0.39, 0.29) is 10.7 Å². The number of hydrogen-bond acceptors (Lipinski definition) is 5. The first-order valence-corrected chi connectivity index (χ1v) is 7.13. The molecule has 2 aromatic rings. The molecule has 0 saturated heterocycles. The van der Waals surface area contributed by atoms with E-state index in [4.69, 9.17) is 0 Å². The fraction of sp³-hybridized carbons (Fsp3) is 0. The summed E-state index contributed by atoms with van der Waals surface area (Å²) in [5, 5.41) is 2.22. The van der Waals surface area contributed by atoms with Crippen LogP contribution < -0.4 is 4.72 Å². The number of anilines is 1. The molecule has 1 aromatic heterocycles. The number of aromatic nitrogens is 1. The van der Waals surface area contributed by atoms with Crippen LogP contribution in [0, 0.1) is 0 Å². The van der Waals surface area contributed by atoms with Gasteiger partial charge in [-0.25, -0.2) is 13.4 Å². The van der Waals surface area contributed by atoms with Crippen LogP contribution in [0.5, 0.6) is 0 Å². The van der Waals surface area contributed by atoms with Gasteiger partial charge in [0.25, 0.3) is 10.0 Å². The number of nitrogens with one attached hydrogen (secondary N) is 1. The van der Waals surface area contributed by atoms with Gasteiger partial charge in [-0.2, -0.15) is 4.99 Å². The lowest BCUT2D eigenvalue weighted by atomic mass is 10.3. The Labute approximate surface area is 116 Å². The summed E-state index contributed by atoms with van der Waals surface area (Å²) in [5.74, 6) is 0.267. The second-order valence-corrected chi connectivity index (χ2v) is 5.38. The summed E-state index contributed by atoms with van der Waals surface area (Å²) in [7, 11) is -3.65. The van der Waals surface area contributed by atoms with Crippen molar-refractivity contribution in [1.29, 1.82) is 0 Å². The van der Waals surface area contributed by atoms with Crippen molar-refractivity contribution in [2.24, 2.45) is 4.99 Å². The summed E-state index contributed by atoms with van der Waals surface area (Å²) in [6, 6.07) is 11.0. The summed E-state index contributed by atoms with van der Waals surface area (Å²) in [5.41, 5.74) is 0.548. The summed E-state index contributed by atoms with van der Waals surface area (Å²) in [4.78, 5) is 7.78. The van der Waals surface area contributed by atoms with E-state index >= 15 is 0 Å². The molecular formula is C12H9N3O2S2. The average Bonchev–Trinajstić information content (AvgIpc) is 2.40. The van der Waals surface area contributed by atoms with Gasteiger partial charge in [-0.3, -0.25) is 4.72 Å². The van der Waals surface area contributed by atoms with Crippen molar-refractivity contribution in [3.05, 3.63) is 48.7 Å². The zero-order chi connectivity index (χ0) is 13.7. The zero-order valence-corrected chi connectivity index (χ0v) is 11.3. The quantitative estimate of drug-likeness (QED) is 0.694. The van der Waals surface area contributed by atoms with Crippen LogP contribution >= 0.6 is 12.2 Å². The fourth-order valence-electron chi connectivity index (χ4n) is 1.37. The van der Waals surface area contributed by atoms with Crippen LogP contribution in [0.25, 0.3) is 0 Å². The Hall–Kier alpha value is -2.08. The molecule has 19 heavy (non-hydrogen) atoms. The number of aliphatic imine (C=N–C) groups is 1. The van der Waals surface area contributed by atoms with Gasteiger partial charge in [0.1, 0.15) is 5.82 Å². The summed E-state index contributed by atoms with van der Waals surface area (Å²) >= 11 is 4.47. The largest absolute Gasteiger partial charge is 0.263 e. The Bertz CT molecular complexity index is 706. The Morgan fingerprint density at radius 1 is 1.16 bits per heavy atom. The zero-order valence-electron chi connectivity index (χ0n) is 9.65. The smallest absolute Gasteiger partial charge is 0.263 e. The van der Waals surface area contributed by atoms with E-state index in [1.807, 2.05) is 0 Å². The van der Waals surface area contributed by atoms with Crippen molar-refractivity contribution in [2.75, 3.05) is 4.72 Å². The van der Waals surface area contributed by atoms with E-state index in [1.165, 1.54) is 18.3 Å². The predicted octanol–water partition coefficient (Wildman–Crippen LogP) is 2.62. The van der Waals surface area contributed by atoms with Crippen molar-refractivity contribution in [3.63, 3.8) is 0 Å². The minimum Gasteiger partial charge on any atom is -0.263 e. The highest BCUT2D eigenvalue weighted by Crippen LogP contribution is 2.18. The molecule has 0 saturated carbocycles. The first-order chi connectivity index (χ1) is 9.12. The molecule has 2 rings (SSSR count). The lowest BCUT2D eigenvalue weighted by Gasteiger charge is -2.06. The van der Waals surface area contributed by atoms with E-state index in [2.05, 4.69) is 32.1 Å². The maximum Gasteiger partial charge on any atom is 0.263 e. The molecule has 1 aromatic carbocycles. The lowest BCUT2D eigenvalue weighted by Crippen LogP contribution is -2.13. The van der Waals surface area contributed by atoms with Gasteiger partial charge < -0.3 is 0 Å². The number of thiocarbonyl (C=S) groups is 1. The summed E-state index contributed by atoms with van der Waals surface area (Å²) in [6.45, 7) is 0. The van der Waals surface area contributed by atoms with E-state index in [0.717, 1.165) is 0 Å². The van der Waals surface area contributed by atoms with Gasteiger partial charge in [0.2, 0.25) is 0 Å². The second kappa shape index (κ2) is 5.71. The van der Waals surface area contributed by atoms with E-state index < -0.39 is 10.0 Å². The molecule has 96 valence electrons. The maximum absolute atomic E-state index is 12.1. The number of sulfonamides is 1. The minimum atomic E-state index is -3.65. The van der Waals surface area contributed by atoms with Crippen molar-refractivity contribution in [2.45, 2.75) is 4.90 Å². The molecule has 0 aliphatic rings. The number of benzene rings is 1. The molecule has 0 aliphatic carbocycles. The first-order valence-electron chi connectivity index (χ1n) is 5.23. The van der Waals surface area contributed by atoms with Gasteiger partial charge in [-0.15, -0.1) is 0 Å². The normalized spacial score (nSPS) is 10.5. The van der Waals surface area contributed by atoms with Crippen molar-refractivity contribution in [1.82, 2.24) is 4.98 Å². The Morgan fingerprint density at radius 3 is 2.47 bits per heavy atom. The van der Waals surface area contributed by atoms with Crippen LogP contribution in [-0.4, -0.2) is 18.6 Å². The van der Waals surface area contributed by atoms with Gasteiger partial charge in [-0.1, -0.05) is 6.07 Å². The number of pyridine rings is 1. The molecule has 0 fully saturated rings. The molecule has 5 nitrogen and oxygen atoms in total. The average molecular weight is 291 g/mol. The van der Waals surface area contributed by atoms with Crippen molar-refractivity contribution in [3.8, 4) is 0 Å². The number of isothiocyanates is 1. The van der Waals surface area contributed by atoms with E-state index in [9.17, 15) is 8.42 Å². The first kappa shape index (κ1) is 13.4. The highest BCUT2D eigenvalue weighted by molar-refractivity contribution is 7.92. The van der Waals surface area contributed by atoms with Crippen LogP contribution in [0.1, 0.15) is 0 Å². The SMILES string of the molecule is O=S(=O)(Nc1ccccn1)c1ccc(N=C=S)cc1. The number of rotatable bonds is 4. The van der Waals surface area contributed by atoms with Gasteiger partial charge >= 0.3 is 0 Å². The molecule has 1 N–H and O–H groups in total. The number of hydrogen-bond donors (Lipinski definition) is 1. The Morgan fingerprint density at radius 2 is 1.89 bits per heavy atom. The van der Waals surface area contributed by atoms with Gasteiger partial charge in [0, 0.05) is 6.20 Å². The molecule has 0 radical (unpaired) electrons. The number of nitrogens with zero attached hydrogens (tertiary/aromatic N) is 2. The Balaban J connectivity index is 2.27. The fourth-order valence-corrected chi connectivity index (χ4v) is 2.49. The molecule has 0 aliphatic heterocycles. The third-order valence-corrected chi connectivity index (χ3v) is 3.69. The molecule has 0 amide bonds. The molecular weight excluding hydrogens is 282 g/mol. The van der Waals surface area contributed by atoms with Crippen molar-refractivity contribution >= 4 is 38.9 Å². The van der Waals surface area contributed by atoms with Crippen LogP contribution in [0.15, 0.2) is 58.5 Å².